The maximum atomic E-state index is 12.6. The summed E-state index contributed by atoms with van der Waals surface area (Å²) in [5.74, 6) is -0.606. The second-order valence-corrected chi connectivity index (χ2v) is 6.07. The van der Waals surface area contributed by atoms with E-state index < -0.39 is 5.41 Å². The van der Waals surface area contributed by atoms with E-state index in [0.717, 1.165) is 12.8 Å². The van der Waals surface area contributed by atoms with Crippen LogP contribution >= 0.6 is 0 Å². The number of rotatable bonds is 4. The first kappa shape index (κ1) is 13.5. The van der Waals surface area contributed by atoms with E-state index in [9.17, 15) is 14.4 Å². The highest BCUT2D eigenvalue weighted by atomic mass is 16.5. The molecule has 0 unspecified atom stereocenters. The highest BCUT2D eigenvalue weighted by Gasteiger charge is 2.69. The van der Waals surface area contributed by atoms with Gasteiger partial charge in [0.25, 0.3) is 0 Å². The van der Waals surface area contributed by atoms with Crippen molar-refractivity contribution in [2.24, 2.45) is 11.3 Å². The largest absolute Gasteiger partial charge is 0.373 e. The Hall–Kier alpha value is -1.43. The fourth-order valence-corrected chi connectivity index (χ4v) is 3.92. The summed E-state index contributed by atoms with van der Waals surface area (Å²) in [6.45, 7) is 2.19. The molecule has 0 radical (unpaired) electrons. The van der Waals surface area contributed by atoms with Gasteiger partial charge >= 0.3 is 0 Å². The third kappa shape index (κ3) is 1.63. The van der Waals surface area contributed by atoms with Crippen LogP contribution < -0.4 is 5.32 Å². The zero-order chi connectivity index (χ0) is 14.5. The van der Waals surface area contributed by atoms with Crippen LogP contribution in [-0.4, -0.2) is 48.4 Å². The number of ether oxygens (including phenoxy) is 1. The molecule has 20 heavy (non-hydrogen) atoms. The molecule has 0 aromatic heterocycles. The molecule has 3 amide bonds. The van der Waals surface area contributed by atoms with Crippen molar-refractivity contribution >= 4 is 17.7 Å². The van der Waals surface area contributed by atoms with Gasteiger partial charge in [-0.05, 0) is 26.2 Å². The number of carbonyl (C=O) groups excluding carboxylic acids is 3. The topological polar surface area (TPSA) is 75.7 Å². The van der Waals surface area contributed by atoms with E-state index in [1.807, 2.05) is 6.92 Å². The number of imide groups is 1. The zero-order valence-corrected chi connectivity index (χ0v) is 11.8. The normalized spacial score (nSPS) is 38.5. The molecule has 3 fully saturated rings. The molecule has 0 saturated carbocycles. The molecule has 0 aromatic carbocycles. The maximum Gasteiger partial charge on any atom is 0.238 e. The van der Waals surface area contributed by atoms with E-state index in [4.69, 9.17) is 4.74 Å². The van der Waals surface area contributed by atoms with Gasteiger partial charge in [-0.1, -0.05) is 0 Å². The molecule has 3 rings (SSSR count). The molecule has 4 atom stereocenters. The minimum atomic E-state index is -0.674. The summed E-state index contributed by atoms with van der Waals surface area (Å²) in [5, 5.41) is 2.54. The summed E-state index contributed by atoms with van der Waals surface area (Å²) < 4.78 is 5.76. The Kier molecular flexibility index (Phi) is 3.08. The smallest absolute Gasteiger partial charge is 0.238 e. The molecule has 6 nitrogen and oxygen atoms in total. The lowest BCUT2D eigenvalue weighted by Crippen LogP contribution is -2.42. The Morgan fingerprint density at radius 2 is 2.20 bits per heavy atom. The molecule has 0 aromatic rings. The van der Waals surface area contributed by atoms with Gasteiger partial charge in [-0.15, -0.1) is 0 Å². The molecular formula is C14H20N2O4. The predicted molar refractivity (Wildman–Crippen MR) is 69.5 cm³/mol. The van der Waals surface area contributed by atoms with Crippen molar-refractivity contribution in [3.05, 3.63) is 0 Å². The van der Waals surface area contributed by atoms with Crippen LogP contribution in [-0.2, 0) is 19.1 Å². The first-order chi connectivity index (χ1) is 9.50. The second kappa shape index (κ2) is 4.55. The molecule has 3 aliphatic rings. The second-order valence-electron chi connectivity index (χ2n) is 6.07. The lowest BCUT2D eigenvalue weighted by Gasteiger charge is -2.28. The minimum absolute atomic E-state index is 0.0705. The summed E-state index contributed by atoms with van der Waals surface area (Å²) in [7, 11) is 1.58. The summed E-state index contributed by atoms with van der Waals surface area (Å²) >= 11 is 0. The minimum Gasteiger partial charge on any atom is -0.373 e. The molecule has 2 bridgehead atoms. The molecule has 110 valence electrons. The van der Waals surface area contributed by atoms with Gasteiger partial charge in [0.1, 0.15) is 0 Å². The predicted octanol–water partition coefficient (Wildman–Crippen LogP) is 0.0651. The van der Waals surface area contributed by atoms with E-state index in [1.165, 1.54) is 4.90 Å². The summed E-state index contributed by atoms with van der Waals surface area (Å²) in [5.41, 5.74) is -0.674. The van der Waals surface area contributed by atoms with Gasteiger partial charge in [0.2, 0.25) is 17.7 Å². The Bertz CT molecular complexity index is 478. The first-order valence-corrected chi connectivity index (χ1v) is 7.22. The number of nitrogens with one attached hydrogen (secondary N) is 1. The molecule has 3 saturated heterocycles. The lowest BCUT2D eigenvalue weighted by atomic mass is 9.69. The van der Waals surface area contributed by atoms with Crippen LogP contribution in [0.25, 0.3) is 0 Å². The molecule has 6 heteroatoms. The SMILES string of the molecule is CNC(=O)CCCN1C(=O)[C@H]2[C@@H]3CC[C@@H](O3)[C@@]2(C)C1=O. The Labute approximate surface area is 117 Å². The summed E-state index contributed by atoms with van der Waals surface area (Å²) in [6.07, 6.45) is 2.37. The quantitative estimate of drug-likeness (QED) is 0.739. The fraction of sp³-hybridized carbons (Fsp3) is 0.786. The zero-order valence-electron chi connectivity index (χ0n) is 11.8. The van der Waals surface area contributed by atoms with Crippen molar-refractivity contribution in [1.82, 2.24) is 10.2 Å². The monoisotopic (exact) mass is 280 g/mol. The Balaban J connectivity index is 1.71. The average Bonchev–Trinajstić information content (AvgIpc) is 3.06. The molecule has 3 aliphatic heterocycles. The third-order valence-electron chi connectivity index (χ3n) is 5.04. The van der Waals surface area contributed by atoms with Crippen LogP contribution in [0.5, 0.6) is 0 Å². The lowest BCUT2D eigenvalue weighted by molar-refractivity contribution is -0.144. The van der Waals surface area contributed by atoms with Crippen LogP contribution in [0.2, 0.25) is 0 Å². The highest BCUT2D eigenvalue weighted by molar-refractivity contribution is 6.08. The van der Waals surface area contributed by atoms with E-state index in [1.54, 1.807) is 7.05 Å². The number of nitrogens with zero attached hydrogens (tertiary/aromatic N) is 1. The molecule has 1 N–H and O–H groups in total. The Morgan fingerprint density at radius 3 is 2.85 bits per heavy atom. The number of carbonyl (C=O) groups is 3. The van der Waals surface area contributed by atoms with Gasteiger partial charge in [0.05, 0.1) is 23.5 Å². The van der Waals surface area contributed by atoms with E-state index in [-0.39, 0.29) is 35.8 Å². The van der Waals surface area contributed by atoms with Crippen molar-refractivity contribution in [3.63, 3.8) is 0 Å². The number of hydrogen-bond donors (Lipinski definition) is 1. The van der Waals surface area contributed by atoms with Gasteiger partial charge in [-0.2, -0.15) is 0 Å². The van der Waals surface area contributed by atoms with E-state index in [2.05, 4.69) is 5.32 Å². The van der Waals surface area contributed by atoms with Crippen LogP contribution in [0.1, 0.15) is 32.6 Å². The Morgan fingerprint density at radius 1 is 1.45 bits per heavy atom. The molecule has 0 spiro atoms. The highest BCUT2D eigenvalue weighted by Crippen LogP contribution is 2.56. The third-order valence-corrected chi connectivity index (χ3v) is 5.04. The summed E-state index contributed by atoms with van der Waals surface area (Å²) in [6, 6.07) is 0. The number of hydrogen-bond acceptors (Lipinski definition) is 4. The van der Waals surface area contributed by atoms with E-state index >= 15 is 0 Å². The molecule has 0 aliphatic carbocycles. The number of likely N-dealkylation sites (tertiary alicyclic amines) is 1. The standard InChI is InChI=1S/C14H20N2O4/c1-14-9-6-5-8(20-9)11(14)12(18)16(13(14)19)7-3-4-10(17)15-2/h8-9,11H,3-7H2,1-2H3,(H,15,17)/t8-,9+,11+,14+/m0/s1. The number of fused-ring (bicyclic) bond motifs is 5. The van der Waals surface area contributed by atoms with Gasteiger partial charge in [-0.25, -0.2) is 0 Å². The van der Waals surface area contributed by atoms with Gasteiger partial charge in [0, 0.05) is 20.0 Å². The van der Waals surface area contributed by atoms with Crippen molar-refractivity contribution in [2.45, 2.75) is 44.8 Å². The van der Waals surface area contributed by atoms with Crippen molar-refractivity contribution in [3.8, 4) is 0 Å². The van der Waals surface area contributed by atoms with Gasteiger partial charge in [-0.3, -0.25) is 19.3 Å². The van der Waals surface area contributed by atoms with Crippen LogP contribution in [0.4, 0.5) is 0 Å². The van der Waals surface area contributed by atoms with E-state index in [0.29, 0.717) is 19.4 Å². The molecule has 3 heterocycles. The van der Waals surface area contributed by atoms with Gasteiger partial charge in [0.15, 0.2) is 0 Å². The molecular weight excluding hydrogens is 260 g/mol. The van der Waals surface area contributed by atoms with Gasteiger partial charge < -0.3 is 10.1 Å². The van der Waals surface area contributed by atoms with Crippen molar-refractivity contribution < 1.29 is 19.1 Å². The fourth-order valence-electron chi connectivity index (χ4n) is 3.92. The first-order valence-electron chi connectivity index (χ1n) is 7.22. The summed E-state index contributed by atoms with van der Waals surface area (Å²) in [4.78, 5) is 37.6. The van der Waals surface area contributed by atoms with Crippen LogP contribution in [0.15, 0.2) is 0 Å². The van der Waals surface area contributed by atoms with Crippen molar-refractivity contribution in [1.29, 1.82) is 0 Å². The van der Waals surface area contributed by atoms with Crippen LogP contribution in [0.3, 0.4) is 0 Å². The van der Waals surface area contributed by atoms with Crippen molar-refractivity contribution in [2.75, 3.05) is 13.6 Å². The maximum absolute atomic E-state index is 12.6. The number of amides is 3. The van der Waals surface area contributed by atoms with Crippen LogP contribution in [0, 0.1) is 11.3 Å². The average molecular weight is 280 g/mol.